The molecule has 0 saturated carbocycles. The van der Waals surface area contributed by atoms with Crippen molar-refractivity contribution < 1.29 is 9.32 Å². The molecule has 2 aromatic rings. The molecule has 1 amide bonds. The molecule has 0 unspecified atom stereocenters. The van der Waals surface area contributed by atoms with Crippen LogP contribution in [0.5, 0.6) is 0 Å². The molecule has 82 valence electrons. The highest BCUT2D eigenvalue weighted by molar-refractivity contribution is 6.03. The van der Waals surface area contributed by atoms with Crippen LogP contribution in [0.3, 0.4) is 0 Å². The van der Waals surface area contributed by atoms with Gasteiger partial charge in [0.25, 0.3) is 5.91 Å². The highest BCUT2D eigenvalue weighted by Gasteiger charge is 2.17. The summed E-state index contributed by atoms with van der Waals surface area (Å²) in [6.07, 6.45) is 0. The number of aryl methyl sites for hydroxylation is 1. The Kier molecular flexibility index (Phi) is 2.72. The number of para-hydroxylation sites is 1. The molecule has 0 N–H and O–H groups in total. The lowest BCUT2D eigenvalue weighted by Crippen LogP contribution is -2.25. The van der Waals surface area contributed by atoms with E-state index in [1.165, 1.54) is 4.90 Å². The molecule has 0 fully saturated rings. The quantitative estimate of drug-likeness (QED) is 0.773. The molecule has 0 bridgehead atoms. The number of carbonyl (C=O) groups excluding carboxylic acids is 1. The van der Waals surface area contributed by atoms with Gasteiger partial charge in [-0.2, -0.15) is 0 Å². The first-order valence-electron chi connectivity index (χ1n) is 4.95. The fourth-order valence-electron chi connectivity index (χ4n) is 1.40. The maximum absolute atomic E-state index is 12.0. The Morgan fingerprint density at radius 1 is 1.31 bits per heavy atom. The summed E-state index contributed by atoms with van der Waals surface area (Å²) in [6, 6.07) is 11.0. The molecule has 16 heavy (non-hydrogen) atoms. The van der Waals surface area contributed by atoms with Gasteiger partial charge in [0, 0.05) is 18.8 Å². The van der Waals surface area contributed by atoms with Crippen LogP contribution in [0, 0.1) is 6.92 Å². The number of aromatic nitrogens is 1. The number of amides is 1. The lowest BCUT2D eigenvalue weighted by molar-refractivity contribution is 0.0957. The Bertz CT molecular complexity index is 491. The van der Waals surface area contributed by atoms with E-state index in [0.717, 1.165) is 5.69 Å². The molecule has 0 spiro atoms. The van der Waals surface area contributed by atoms with Crippen LogP contribution < -0.4 is 4.90 Å². The van der Waals surface area contributed by atoms with Gasteiger partial charge in [-0.05, 0) is 19.1 Å². The first kappa shape index (κ1) is 10.4. The van der Waals surface area contributed by atoms with E-state index < -0.39 is 0 Å². The van der Waals surface area contributed by atoms with Crippen LogP contribution >= 0.6 is 0 Å². The number of hydrogen-bond acceptors (Lipinski definition) is 3. The summed E-state index contributed by atoms with van der Waals surface area (Å²) in [4.78, 5) is 13.5. The topological polar surface area (TPSA) is 46.3 Å². The Balaban J connectivity index is 2.23. The molecule has 0 atom stereocenters. The van der Waals surface area contributed by atoms with Gasteiger partial charge in [-0.25, -0.2) is 0 Å². The van der Waals surface area contributed by atoms with E-state index in [2.05, 4.69) is 5.16 Å². The summed E-state index contributed by atoms with van der Waals surface area (Å²) in [5.74, 6) is 0.0515. The first-order chi connectivity index (χ1) is 7.68. The zero-order valence-electron chi connectivity index (χ0n) is 9.18. The molecule has 1 aromatic heterocycles. The predicted octanol–water partition coefficient (Wildman–Crippen LogP) is 2.26. The first-order valence-corrected chi connectivity index (χ1v) is 4.95. The van der Waals surface area contributed by atoms with Crippen molar-refractivity contribution in [2.45, 2.75) is 6.92 Å². The number of anilines is 1. The van der Waals surface area contributed by atoms with Crippen LogP contribution in [-0.4, -0.2) is 18.1 Å². The predicted molar refractivity (Wildman–Crippen MR) is 60.4 cm³/mol. The number of nitrogens with zero attached hydrogens (tertiary/aromatic N) is 2. The Labute approximate surface area is 93.5 Å². The Hall–Kier alpha value is -2.10. The van der Waals surface area contributed by atoms with E-state index in [1.54, 1.807) is 20.0 Å². The largest absolute Gasteiger partial charge is 0.351 e. The van der Waals surface area contributed by atoms with E-state index in [0.29, 0.717) is 5.69 Å². The van der Waals surface area contributed by atoms with Gasteiger partial charge < -0.3 is 9.42 Å². The maximum atomic E-state index is 12.0. The van der Waals surface area contributed by atoms with Crippen molar-refractivity contribution in [1.82, 2.24) is 5.16 Å². The third kappa shape index (κ3) is 1.95. The minimum Gasteiger partial charge on any atom is -0.351 e. The fraction of sp³-hybridized carbons (Fsp3) is 0.167. The summed E-state index contributed by atoms with van der Waals surface area (Å²) in [6.45, 7) is 1.78. The van der Waals surface area contributed by atoms with E-state index in [4.69, 9.17) is 4.52 Å². The number of rotatable bonds is 2. The van der Waals surface area contributed by atoms with Crippen molar-refractivity contribution in [3.63, 3.8) is 0 Å². The SMILES string of the molecule is Cc1cc(C(=O)N(C)c2ccccc2)on1. The zero-order valence-corrected chi connectivity index (χ0v) is 9.18. The van der Waals surface area contributed by atoms with E-state index in [1.807, 2.05) is 30.3 Å². The molecule has 0 saturated heterocycles. The molecule has 0 aliphatic heterocycles. The fourth-order valence-corrected chi connectivity index (χ4v) is 1.40. The summed E-state index contributed by atoms with van der Waals surface area (Å²) in [5, 5.41) is 3.69. The van der Waals surface area contributed by atoms with Crippen molar-refractivity contribution in [3.8, 4) is 0 Å². The van der Waals surface area contributed by atoms with Crippen LogP contribution in [0.2, 0.25) is 0 Å². The minimum absolute atomic E-state index is 0.202. The van der Waals surface area contributed by atoms with Crippen molar-refractivity contribution in [2.24, 2.45) is 0 Å². The van der Waals surface area contributed by atoms with Crippen LogP contribution in [0.25, 0.3) is 0 Å². The second-order valence-electron chi connectivity index (χ2n) is 3.53. The molecule has 0 aliphatic rings. The van der Waals surface area contributed by atoms with E-state index >= 15 is 0 Å². The molecule has 1 heterocycles. The van der Waals surface area contributed by atoms with Crippen LogP contribution in [-0.2, 0) is 0 Å². The normalized spacial score (nSPS) is 10.1. The van der Waals surface area contributed by atoms with Crippen molar-refractivity contribution >= 4 is 11.6 Å². The van der Waals surface area contributed by atoms with Crippen LogP contribution in [0.4, 0.5) is 5.69 Å². The Morgan fingerprint density at radius 3 is 2.56 bits per heavy atom. The van der Waals surface area contributed by atoms with E-state index in [9.17, 15) is 4.79 Å². The molecule has 2 rings (SSSR count). The summed E-state index contributed by atoms with van der Waals surface area (Å²) < 4.78 is 4.93. The molecule has 0 radical (unpaired) electrons. The molecular formula is C12H12N2O2. The summed E-state index contributed by atoms with van der Waals surface area (Å²) in [5.41, 5.74) is 1.52. The van der Waals surface area contributed by atoms with Gasteiger partial charge in [0.15, 0.2) is 0 Å². The second-order valence-corrected chi connectivity index (χ2v) is 3.53. The standard InChI is InChI=1S/C12H12N2O2/c1-9-8-11(16-13-9)12(15)14(2)10-6-4-3-5-7-10/h3-8H,1-2H3. The molecule has 4 nitrogen and oxygen atoms in total. The summed E-state index contributed by atoms with van der Waals surface area (Å²) in [7, 11) is 1.70. The van der Waals surface area contributed by atoms with Crippen molar-refractivity contribution in [2.75, 3.05) is 11.9 Å². The average Bonchev–Trinajstić information content (AvgIpc) is 2.75. The Morgan fingerprint density at radius 2 is 2.00 bits per heavy atom. The lowest BCUT2D eigenvalue weighted by Gasteiger charge is -2.14. The van der Waals surface area contributed by atoms with Gasteiger partial charge in [-0.3, -0.25) is 4.79 Å². The van der Waals surface area contributed by atoms with Gasteiger partial charge in [0.05, 0.1) is 5.69 Å². The summed E-state index contributed by atoms with van der Waals surface area (Å²) >= 11 is 0. The monoisotopic (exact) mass is 216 g/mol. The average molecular weight is 216 g/mol. The van der Waals surface area contributed by atoms with Crippen molar-refractivity contribution in [1.29, 1.82) is 0 Å². The van der Waals surface area contributed by atoms with Gasteiger partial charge >= 0.3 is 0 Å². The third-order valence-corrected chi connectivity index (χ3v) is 2.29. The highest BCUT2D eigenvalue weighted by Crippen LogP contribution is 2.15. The van der Waals surface area contributed by atoms with Gasteiger partial charge in [0.1, 0.15) is 0 Å². The number of hydrogen-bond donors (Lipinski definition) is 0. The van der Waals surface area contributed by atoms with Crippen LogP contribution in [0.1, 0.15) is 16.2 Å². The smallest absolute Gasteiger partial charge is 0.296 e. The molecular weight excluding hydrogens is 204 g/mol. The second kappa shape index (κ2) is 4.18. The molecule has 1 aromatic carbocycles. The zero-order chi connectivity index (χ0) is 11.5. The molecule has 0 aliphatic carbocycles. The third-order valence-electron chi connectivity index (χ3n) is 2.29. The minimum atomic E-state index is -0.202. The van der Waals surface area contributed by atoms with Gasteiger partial charge in [-0.15, -0.1) is 0 Å². The molecule has 4 heteroatoms. The van der Waals surface area contributed by atoms with Crippen LogP contribution in [0.15, 0.2) is 40.9 Å². The van der Waals surface area contributed by atoms with Gasteiger partial charge in [0.2, 0.25) is 5.76 Å². The van der Waals surface area contributed by atoms with Gasteiger partial charge in [-0.1, -0.05) is 23.4 Å². The number of benzene rings is 1. The maximum Gasteiger partial charge on any atom is 0.296 e. The van der Waals surface area contributed by atoms with E-state index in [-0.39, 0.29) is 11.7 Å². The number of carbonyl (C=O) groups is 1. The lowest BCUT2D eigenvalue weighted by atomic mass is 10.3. The van der Waals surface area contributed by atoms with Crippen molar-refractivity contribution in [3.05, 3.63) is 47.9 Å². The highest BCUT2D eigenvalue weighted by atomic mass is 16.5.